The first-order valence-electron chi connectivity index (χ1n) is 22.9. The highest BCUT2D eigenvalue weighted by Crippen LogP contribution is 2.49. The van der Waals surface area contributed by atoms with Gasteiger partial charge < -0.3 is 93.7 Å². The highest BCUT2D eigenvalue weighted by molar-refractivity contribution is 5.10. The average Bonchev–Trinajstić information content (AvgIpc) is 3.74. The molecule has 0 spiro atoms. The van der Waals surface area contributed by atoms with E-state index in [4.69, 9.17) is 42.6 Å². The van der Waals surface area contributed by atoms with Crippen LogP contribution < -0.4 is 0 Å². The fraction of sp³-hybridized carbons (Fsp3) is 1.00. The summed E-state index contributed by atoms with van der Waals surface area (Å²) in [7, 11) is 0. The molecule has 0 radical (unpaired) electrons. The molecule has 356 valence electrons. The van der Waals surface area contributed by atoms with Crippen molar-refractivity contribution in [3.63, 3.8) is 0 Å². The topological polar surface area (TPSA) is 285 Å². The molecule has 0 unspecified atom stereocenters. The normalized spacial score (nSPS) is 46.0. The molecule has 0 aromatic heterocycles. The van der Waals surface area contributed by atoms with Crippen molar-refractivity contribution in [2.45, 2.75) is 238 Å². The molecule has 6 rings (SSSR count). The fourth-order valence-corrected chi connectivity index (χ4v) is 9.88. The van der Waals surface area contributed by atoms with Crippen molar-refractivity contribution >= 4 is 0 Å². The van der Waals surface area contributed by atoms with Crippen LogP contribution in [0.25, 0.3) is 0 Å². The second-order valence-electron chi connectivity index (χ2n) is 17.9. The van der Waals surface area contributed by atoms with Gasteiger partial charge in [0, 0.05) is 6.42 Å². The first kappa shape index (κ1) is 49.7. The predicted molar refractivity (Wildman–Crippen MR) is 210 cm³/mol. The molecule has 0 aliphatic carbocycles. The van der Waals surface area contributed by atoms with Crippen LogP contribution in [-0.2, 0) is 42.6 Å². The summed E-state index contributed by atoms with van der Waals surface area (Å²) in [5, 5.41) is 111. The molecule has 61 heavy (non-hydrogen) atoms. The molecule has 10 N–H and O–H groups in total. The van der Waals surface area contributed by atoms with E-state index in [9.17, 15) is 51.1 Å². The van der Waals surface area contributed by atoms with Crippen LogP contribution in [0.1, 0.15) is 117 Å². The van der Waals surface area contributed by atoms with Gasteiger partial charge in [0.15, 0.2) is 18.9 Å². The van der Waals surface area contributed by atoms with Gasteiger partial charge in [0.1, 0.15) is 97.2 Å². The molecule has 0 aromatic rings. The minimum Gasteiger partial charge on any atom is -0.394 e. The van der Waals surface area contributed by atoms with E-state index in [-0.39, 0.29) is 26.1 Å². The zero-order valence-corrected chi connectivity index (χ0v) is 35.7. The summed E-state index contributed by atoms with van der Waals surface area (Å²) in [6.45, 7) is 2.78. The molecular weight excluding hydrogens is 808 g/mol. The zero-order valence-electron chi connectivity index (χ0n) is 35.7. The lowest BCUT2D eigenvalue weighted by atomic mass is 9.74. The van der Waals surface area contributed by atoms with Crippen LogP contribution in [0.2, 0.25) is 0 Å². The third kappa shape index (κ3) is 10.8. The molecular formula is C42H74O19. The van der Waals surface area contributed by atoms with Crippen LogP contribution in [0.3, 0.4) is 0 Å². The van der Waals surface area contributed by atoms with E-state index in [1.165, 1.54) is 6.42 Å². The highest BCUT2D eigenvalue weighted by Gasteiger charge is 2.67. The molecule has 6 heterocycles. The summed E-state index contributed by atoms with van der Waals surface area (Å²) in [6.07, 6.45) is -11.6. The van der Waals surface area contributed by atoms with E-state index >= 15 is 0 Å². The van der Waals surface area contributed by atoms with Crippen molar-refractivity contribution in [2.75, 3.05) is 26.4 Å². The Kier molecular flexibility index (Phi) is 18.4. The van der Waals surface area contributed by atoms with Gasteiger partial charge in [-0.2, -0.15) is 0 Å². The quantitative estimate of drug-likeness (QED) is 0.0540. The van der Waals surface area contributed by atoms with Crippen LogP contribution in [0.4, 0.5) is 0 Å². The number of aliphatic hydroxyl groups excluding tert-OH is 9. The van der Waals surface area contributed by atoms with E-state index in [1.54, 1.807) is 0 Å². The van der Waals surface area contributed by atoms with Gasteiger partial charge in [-0.1, -0.05) is 97.3 Å². The number of rotatable bonds is 24. The molecule has 4 bridgehead atoms. The second kappa shape index (κ2) is 22.6. The summed E-state index contributed by atoms with van der Waals surface area (Å²) >= 11 is 0. The van der Waals surface area contributed by atoms with Crippen LogP contribution in [0.15, 0.2) is 0 Å². The van der Waals surface area contributed by atoms with Crippen LogP contribution in [-0.4, -0.2) is 199 Å². The van der Waals surface area contributed by atoms with Gasteiger partial charge in [-0.05, 0) is 12.8 Å². The van der Waals surface area contributed by atoms with E-state index in [0.717, 1.165) is 70.6 Å². The maximum atomic E-state index is 12.7. The standard InChI is InChI=1S/C42H74O19/c1-3-5-7-9-11-12-14-16-18-42(41(52,17-15-13-10-8-6-4-2)37(50)28(46)24(20-44)60-42)61-33-26-22-54-36(33)31(49)40(57-26)59-34-27(45)23(19-43)56-39(30(34)48)58-32-25-21-53-35(32)29(47)38(51)55-25/h23-40,43-52H,3-22H2,1-2H3/t23-,24-,25+,26+,27-,28+,29+,30-,31+,32+,33+,34+,35+,36+,37+,38-,39+,40+,41-,42+/m1/s1. The lowest BCUT2D eigenvalue weighted by Gasteiger charge is -2.57. The maximum Gasteiger partial charge on any atom is 0.201 e. The number of ether oxygens (including phenoxy) is 9. The molecule has 6 aliphatic heterocycles. The molecule has 6 aliphatic rings. The fourth-order valence-electron chi connectivity index (χ4n) is 9.88. The molecule has 19 nitrogen and oxygen atoms in total. The van der Waals surface area contributed by atoms with E-state index in [2.05, 4.69) is 13.8 Å². The number of unbranched alkanes of at least 4 members (excludes halogenated alkanes) is 12. The lowest BCUT2D eigenvalue weighted by molar-refractivity contribution is -0.428. The van der Waals surface area contributed by atoms with Crippen molar-refractivity contribution in [1.29, 1.82) is 0 Å². The molecule has 6 saturated heterocycles. The summed E-state index contributed by atoms with van der Waals surface area (Å²) in [5.74, 6) is -1.97. The Morgan fingerprint density at radius 1 is 0.525 bits per heavy atom. The Bertz CT molecular complexity index is 1300. The summed E-state index contributed by atoms with van der Waals surface area (Å²) in [6, 6.07) is 0. The molecule has 20 atom stereocenters. The Morgan fingerprint density at radius 2 is 1.05 bits per heavy atom. The minimum absolute atomic E-state index is 0.0134. The van der Waals surface area contributed by atoms with Crippen molar-refractivity contribution in [2.24, 2.45) is 0 Å². The van der Waals surface area contributed by atoms with Crippen molar-refractivity contribution in [1.82, 2.24) is 0 Å². The number of aliphatic hydroxyl groups is 10. The molecule has 0 amide bonds. The Labute approximate surface area is 358 Å². The number of hydrogen-bond donors (Lipinski definition) is 10. The van der Waals surface area contributed by atoms with Gasteiger partial charge in [-0.3, -0.25) is 0 Å². The Hall–Kier alpha value is -0.760. The third-order valence-corrected chi connectivity index (χ3v) is 13.5. The van der Waals surface area contributed by atoms with Gasteiger partial charge in [0.25, 0.3) is 0 Å². The monoisotopic (exact) mass is 882 g/mol. The second-order valence-corrected chi connectivity index (χ2v) is 17.9. The zero-order chi connectivity index (χ0) is 43.9. The number of fused-ring (bicyclic) bond motifs is 4. The smallest absolute Gasteiger partial charge is 0.201 e. The van der Waals surface area contributed by atoms with Gasteiger partial charge in [-0.25, -0.2) is 0 Å². The molecule has 6 fully saturated rings. The molecule has 19 heteroatoms. The highest BCUT2D eigenvalue weighted by atomic mass is 16.8. The van der Waals surface area contributed by atoms with Gasteiger partial charge in [0.05, 0.1) is 26.4 Å². The van der Waals surface area contributed by atoms with Gasteiger partial charge in [0.2, 0.25) is 5.79 Å². The maximum absolute atomic E-state index is 12.7. The van der Waals surface area contributed by atoms with Crippen molar-refractivity contribution in [3.05, 3.63) is 0 Å². The molecule has 0 saturated carbocycles. The SMILES string of the molecule is CCCCCCCCCC[C@@]1(O[C@@H]2[C@H]3OC[C@@H]2O[C@@H](O[C@@H]2[C@@H](O)[C@H](O[C@@H]4[C@H]5OC[C@@H]4O[C@@H](O)[C@H]5O)O[C@H](CO)[C@H]2O)[C@H]3O)O[C@H](CO)[C@H](O)[C@H](O)[C@]1(O)CCCCCCCC. The van der Waals surface area contributed by atoms with Crippen molar-refractivity contribution < 1.29 is 93.7 Å². The average molecular weight is 883 g/mol. The third-order valence-electron chi connectivity index (χ3n) is 13.5. The predicted octanol–water partition coefficient (Wildman–Crippen LogP) is -0.636. The van der Waals surface area contributed by atoms with E-state index < -0.39 is 135 Å². The van der Waals surface area contributed by atoms with E-state index in [0.29, 0.717) is 12.8 Å². The summed E-state index contributed by atoms with van der Waals surface area (Å²) in [4.78, 5) is 0. The van der Waals surface area contributed by atoms with Crippen LogP contribution in [0, 0.1) is 0 Å². The summed E-state index contributed by atoms with van der Waals surface area (Å²) in [5.41, 5.74) is -2.14. The Morgan fingerprint density at radius 3 is 1.66 bits per heavy atom. The van der Waals surface area contributed by atoms with Gasteiger partial charge >= 0.3 is 0 Å². The van der Waals surface area contributed by atoms with Gasteiger partial charge in [-0.15, -0.1) is 0 Å². The largest absolute Gasteiger partial charge is 0.394 e. The first-order valence-corrected chi connectivity index (χ1v) is 22.9. The van der Waals surface area contributed by atoms with Crippen molar-refractivity contribution in [3.8, 4) is 0 Å². The lowest BCUT2D eigenvalue weighted by Crippen LogP contribution is -2.75. The van der Waals surface area contributed by atoms with Crippen LogP contribution >= 0.6 is 0 Å². The Balaban J connectivity index is 1.19. The minimum atomic E-state index is -2.14. The van der Waals surface area contributed by atoms with Crippen LogP contribution in [0.5, 0.6) is 0 Å². The first-order chi connectivity index (χ1) is 29.3. The molecule has 0 aromatic carbocycles. The number of hydrogen-bond acceptors (Lipinski definition) is 19. The van der Waals surface area contributed by atoms with E-state index in [1.807, 2.05) is 0 Å². The summed E-state index contributed by atoms with van der Waals surface area (Å²) < 4.78 is 54.1.